The monoisotopic (exact) mass is 472 g/mol. The quantitative estimate of drug-likeness (QED) is 0.450. The van der Waals surface area contributed by atoms with Crippen LogP contribution in [0.4, 0.5) is 11.4 Å². The van der Waals surface area contributed by atoms with E-state index in [1.807, 2.05) is 32.0 Å². The lowest BCUT2D eigenvalue weighted by atomic mass is 10.2. The predicted octanol–water partition coefficient (Wildman–Crippen LogP) is 5.55. The molecule has 3 rings (SSSR count). The minimum absolute atomic E-state index is 0.0675. The molecule has 1 atom stereocenters. The number of hydrogen-bond acceptors (Lipinski definition) is 4. The second-order valence-electron chi connectivity index (χ2n) is 7.36. The van der Waals surface area contributed by atoms with E-state index >= 15 is 0 Å². The van der Waals surface area contributed by atoms with Gasteiger partial charge in [0.2, 0.25) is 0 Å². The van der Waals surface area contributed by atoms with Gasteiger partial charge in [-0.3, -0.25) is 9.52 Å². The van der Waals surface area contributed by atoms with Crippen LogP contribution in [-0.2, 0) is 14.8 Å². The van der Waals surface area contributed by atoms with E-state index in [1.54, 1.807) is 31.2 Å². The van der Waals surface area contributed by atoms with Gasteiger partial charge in [-0.2, -0.15) is 0 Å². The highest BCUT2D eigenvalue weighted by Crippen LogP contribution is 2.26. The van der Waals surface area contributed by atoms with Crippen molar-refractivity contribution in [3.63, 3.8) is 0 Å². The minimum Gasteiger partial charge on any atom is -0.481 e. The fraction of sp³-hybridized carbons (Fsp3) is 0.208. The predicted molar refractivity (Wildman–Crippen MR) is 128 cm³/mol. The molecule has 0 spiro atoms. The number of ether oxygens (including phenoxy) is 1. The normalized spacial score (nSPS) is 12.1. The number of nitrogens with one attached hydrogen (secondary N) is 2. The van der Waals surface area contributed by atoms with Crippen LogP contribution in [-0.4, -0.2) is 20.4 Å². The van der Waals surface area contributed by atoms with Gasteiger partial charge in [-0.05, 0) is 79.9 Å². The van der Waals surface area contributed by atoms with Crippen LogP contribution in [0.3, 0.4) is 0 Å². The fourth-order valence-corrected chi connectivity index (χ4v) is 4.33. The van der Waals surface area contributed by atoms with Gasteiger partial charge in [0.1, 0.15) is 5.75 Å². The number of hydrogen-bond donors (Lipinski definition) is 2. The van der Waals surface area contributed by atoms with Gasteiger partial charge in [-0.25, -0.2) is 8.42 Å². The Balaban J connectivity index is 1.69. The maximum absolute atomic E-state index is 12.7. The Bertz CT molecular complexity index is 1210. The largest absolute Gasteiger partial charge is 0.481 e. The lowest BCUT2D eigenvalue weighted by molar-refractivity contribution is -0.122. The molecule has 2 N–H and O–H groups in total. The topological polar surface area (TPSA) is 84.5 Å². The van der Waals surface area contributed by atoms with Crippen LogP contribution in [0.5, 0.6) is 5.75 Å². The molecule has 0 unspecified atom stereocenters. The number of rotatable bonds is 8. The van der Waals surface area contributed by atoms with E-state index in [2.05, 4.69) is 10.0 Å². The zero-order valence-electron chi connectivity index (χ0n) is 18.1. The molecule has 3 aromatic rings. The highest BCUT2D eigenvalue weighted by molar-refractivity contribution is 7.92. The van der Waals surface area contributed by atoms with Crippen molar-refractivity contribution >= 4 is 38.9 Å². The summed E-state index contributed by atoms with van der Waals surface area (Å²) in [4.78, 5) is 12.7. The van der Waals surface area contributed by atoms with Gasteiger partial charge in [0.05, 0.1) is 10.6 Å². The summed E-state index contributed by atoms with van der Waals surface area (Å²) in [6, 6.07) is 18.4. The maximum Gasteiger partial charge on any atom is 0.265 e. The summed E-state index contributed by atoms with van der Waals surface area (Å²) in [5, 5.41) is 3.25. The van der Waals surface area contributed by atoms with Crippen molar-refractivity contribution < 1.29 is 17.9 Å². The van der Waals surface area contributed by atoms with Crippen molar-refractivity contribution in [2.24, 2.45) is 0 Å². The molecule has 0 aromatic heterocycles. The Morgan fingerprint density at radius 1 is 1.03 bits per heavy atom. The standard InChI is InChI=1S/C24H25ClN2O4S/c1-4-23(31-19-8-5-7-16(2)15-19)24(28)26-18-11-13-20(14-12-18)32(29,30)27-22-10-6-9-21(25)17(22)3/h5-15,23,27H,4H2,1-3H3,(H,26,28)/t23-/m0/s1. The van der Waals surface area contributed by atoms with Crippen LogP contribution in [0.1, 0.15) is 24.5 Å². The third-order valence-corrected chi connectivity index (χ3v) is 6.67. The second-order valence-corrected chi connectivity index (χ2v) is 9.45. The van der Waals surface area contributed by atoms with Crippen LogP contribution < -0.4 is 14.8 Å². The van der Waals surface area contributed by atoms with E-state index in [1.165, 1.54) is 24.3 Å². The zero-order chi connectivity index (χ0) is 23.3. The van der Waals surface area contributed by atoms with Gasteiger partial charge >= 0.3 is 0 Å². The van der Waals surface area contributed by atoms with Crippen LogP contribution in [0.25, 0.3) is 0 Å². The highest BCUT2D eigenvalue weighted by atomic mass is 35.5. The SMILES string of the molecule is CC[C@H](Oc1cccc(C)c1)C(=O)Nc1ccc(S(=O)(=O)Nc2cccc(Cl)c2C)cc1. The van der Waals surface area contributed by atoms with E-state index < -0.39 is 16.1 Å². The number of sulfonamides is 1. The summed E-state index contributed by atoms with van der Waals surface area (Å²) in [5.41, 5.74) is 2.56. The Labute approximate surface area is 193 Å². The van der Waals surface area contributed by atoms with Crippen LogP contribution in [0, 0.1) is 13.8 Å². The van der Waals surface area contributed by atoms with Gasteiger partial charge in [-0.1, -0.05) is 36.7 Å². The van der Waals surface area contributed by atoms with Gasteiger partial charge in [0, 0.05) is 10.7 Å². The van der Waals surface area contributed by atoms with Crippen molar-refractivity contribution in [1.82, 2.24) is 0 Å². The average Bonchev–Trinajstić information content (AvgIpc) is 2.75. The number of aryl methyl sites for hydroxylation is 1. The molecule has 6 nitrogen and oxygen atoms in total. The van der Waals surface area contributed by atoms with E-state index in [0.29, 0.717) is 34.1 Å². The zero-order valence-corrected chi connectivity index (χ0v) is 19.6. The summed E-state index contributed by atoms with van der Waals surface area (Å²) in [7, 11) is -3.81. The molecule has 1 amide bonds. The molecule has 8 heteroatoms. The third-order valence-electron chi connectivity index (χ3n) is 4.88. The Morgan fingerprint density at radius 3 is 2.38 bits per heavy atom. The molecule has 0 saturated heterocycles. The van der Waals surface area contributed by atoms with Gasteiger partial charge < -0.3 is 10.1 Å². The molecule has 3 aromatic carbocycles. The van der Waals surface area contributed by atoms with Crippen molar-refractivity contribution in [2.75, 3.05) is 10.0 Å². The van der Waals surface area contributed by atoms with Crippen LogP contribution in [0.15, 0.2) is 71.6 Å². The summed E-state index contributed by atoms with van der Waals surface area (Å²) >= 11 is 6.07. The molecule has 0 radical (unpaired) electrons. The average molecular weight is 473 g/mol. The van der Waals surface area contributed by atoms with Crippen molar-refractivity contribution in [3.05, 3.63) is 82.9 Å². The van der Waals surface area contributed by atoms with Gasteiger partial charge in [0.15, 0.2) is 6.10 Å². The molecule has 32 heavy (non-hydrogen) atoms. The van der Waals surface area contributed by atoms with E-state index in [9.17, 15) is 13.2 Å². The molecule has 0 fully saturated rings. The van der Waals surface area contributed by atoms with Gasteiger partial charge in [0.25, 0.3) is 15.9 Å². The number of carbonyl (C=O) groups is 1. The summed E-state index contributed by atoms with van der Waals surface area (Å²) in [6.45, 7) is 5.55. The smallest absolute Gasteiger partial charge is 0.265 e. The molecule has 0 saturated carbocycles. The van der Waals surface area contributed by atoms with Crippen molar-refractivity contribution in [2.45, 2.75) is 38.2 Å². The molecule has 0 bridgehead atoms. The highest BCUT2D eigenvalue weighted by Gasteiger charge is 2.20. The van der Waals surface area contributed by atoms with Crippen molar-refractivity contribution in [1.29, 1.82) is 0 Å². The Morgan fingerprint density at radius 2 is 1.72 bits per heavy atom. The first-order valence-electron chi connectivity index (χ1n) is 10.1. The molecule has 0 heterocycles. The second kappa shape index (κ2) is 10.1. The lowest BCUT2D eigenvalue weighted by Crippen LogP contribution is -2.32. The van der Waals surface area contributed by atoms with Crippen molar-refractivity contribution in [3.8, 4) is 5.75 Å². The number of benzene rings is 3. The molecular formula is C24H25ClN2O4S. The molecule has 0 aliphatic heterocycles. The molecule has 168 valence electrons. The molecular weight excluding hydrogens is 448 g/mol. The first-order valence-corrected chi connectivity index (χ1v) is 12.0. The number of halogens is 1. The number of amides is 1. The van der Waals surface area contributed by atoms with E-state index in [0.717, 1.165) is 5.56 Å². The Kier molecular flexibility index (Phi) is 7.43. The number of anilines is 2. The van der Waals surface area contributed by atoms with Crippen LogP contribution in [0.2, 0.25) is 5.02 Å². The number of carbonyl (C=O) groups excluding carboxylic acids is 1. The maximum atomic E-state index is 12.7. The van der Waals surface area contributed by atoms with E-state index in [-0.39, 0.29) is 10.8 Å². The summed E-state index contributed by atoms with van der Waals surface area (Å²) in [6.07, 6.45) is -0.192. The van der Waals surface area contributed by atoms with Gasteiger partial charge in [-0.15, -0.1) is 0 Å². The minimum atomic E-state index is -3.81. The summed E-state index contributed by atoms with van der Waals surface area (Å²) < 4.78 is 33.8. The molecule has 0 aliphatic carbocycles. The Hall–Kier alpha value is -3.03. The van der Waals surface area contributed by atoms with Crippen LogP contribution >= 0.6 is 11.6 Å². The first-order chi connectivity index (χ1) is 15.2. The van der Waals surface area contributed by atoms with E-state index in [4.69, 9.17) is 16.3 Å². The fourth-order valence-electron chi connectivity index (χ4n) is 3.04. The molecule has 0 aliphatic rings. The third kappa shape index (κ3) is 5.81. The first kappa shape index (κ1) is 23.6. The lowest BCUT2D eigenvalue weighted by Gasteiger charge is -2.18. The summed E-state index contributed by atoms with van der Waals surface area (Å²) in [5.74, 6) is 0.313.